The molecule has 0 amide bonds. The second-order valence-electron chi connectivity index (χ2n) is 5.94. The van der Waals surface area contributed by atoms with E-state index in [-0.39, 0.29) is 17.6 Å². The van der Waals surface area contributed by atoms with Crippen molar-refractivity contribution in [3.8, 4) is 0 Å². The molecule has 3 heteroatoms. The van der Waals surface area contributed by atoms with Gasteiger partial charge in [-0.1, -0.05) is 42.8 Å². The molecule has 1 aromatic heterocycles. The Labute approximate surface area is 135 Å². The van der Waals surface area contributed by atoms with Crippen molar-refractivity contribution in [1.29, 1.82) is 0 Å². The molecule has 1 aliphatic rings. The summed E-state index contributed by atoms with van der Waals surface area (Å²) in [4.78, 5) is 25.7. The molecule has 1 aliphatic carbocycles. The van der Waals surface area contributed by atoms with Crippen molar-refractivity contribution in [2.24, 2.45) is 5.92 Å². The number of rotatable bonds is 5. The van der Waals surface area contributed by atoms with E-state index in [1.165, 1.54) is 11.3 Å². The molecule has 0 saturated heterocycles. The molecule has 2 nitrogen and oxygen atoms in total. The van der Waals surface area contributed by atoms with Crippen LogP contribution in [0.15, 0.2) is 47.8 Å². The molecule has 1 fully saturated rings. The van der Waals surface area contributed by atoms with E-state index in [4.69, 9.17) is 0 Å². The van der Waals surface area contributed by atoms with E-state index in [9.17, 15) is 9.59 Å². The number of carbonyl (C=O) groups excluding carboxylic acids is 2. The second-order valence-corrected chi connectivity index (χ2v) is 6.89. The van der Waals surface area contributed by atoms with Crippen molar-refractivity contribution in [3.63, 3.8) is 0 Å². The Morgan fingerprint density at radius 3 is 2.64 bits per heavy atom. The summed E-state index contributed by atoms with van der Waals surface area (Å²) in [5, 5.41) is 1.93. The fourth-order valence-corrected chi connectivity index (χ4v) is 4.04. The maximum Gasteiger partial charge on any atom is 0.173 e. The molecule has 0 radical (unpaired) electrons. The minimum atomic E-state index is 0.0000576. The monoisotopic (exact) mass is 312 g/mol. The third-order valence-corrected chi connectivity index (χ3v) is 5.43. The van der Waals surface area contributed by atoms with E-state index >= 15 is 0 Å². The van der Waals surface area contributed by atoms with E-state index in [1.54, 1.807) is 0 Å². The van der Waals surface area contributed by atoms with Crippen LogP contribution >= 0.6 is 11.3 Å². The largest absolute Gasteiger partial charge is 0.299 e. The van der Waals surface area contributed by atoms with Gasteiger partial charge in [-0.3, -0.25) is 9.59 Å². The van der Waals surface area contributed by atoms with Crippen molar-refractivity contribution < 1.29 is 9.59 Å². The predicted molar refractivity (Wildman–Crippen MR) is 89.4 cm³/mol. The number of hydrogen-bond donors (Lipinski definition) is 0. The van der Waals surface area contributed by atoms with Gasteiger partial charge in [0, 0.05) is 24.7 Å². The quantitative estimate of drug-likeness (QED) is 0.739. The number of hydrogen-bond acceptors (Lipinski definition) is 3. The molecule has 0 bridgehead atoms. The Hall–Kier alpha value is -1.74. The summed E-state index contributed by atoms with van der Waals surface area (Å²) in [7, 11) is 0. The Balaban J connectivity index is 1.86. The highest BCUT2D eigenvalue weighted by Gasteiger charge is 2.32. The maximum absolute atomic E-state index is 12.5. The highest BCUT2D eigenvalue weighted by atomic mass is 32.1. The molecule has 2 aromatic rings. The van der Waals surface area contributed by atoms with Gasteiger partial charge in [-0.15, -0.1) is 11.3 Å². The zero-order valence-electron chi connectivity index (χ0n) is 12.5. The van der Waals surface area contributed by atoms with Gasteiger partial charge in [-0.05, 0) is 29.9 Å². The molecule has 22 heavy (non-hydrogen) atoms. The summed E-state index contributed by atoms with van der Waals surface area (Å²) in [5.41, 5.74) is 1.12. The first-order chi connectivity index (χ1) is 10.8. The Morgan fingerprint density at radius 1 is 1.14 bits per heavy atom. The molecule has 1 heterocycles. The fraction of sp³-hybridized carbons (Fsp3) is 0.368. The Kier molecular flexibility index (Phi) is 4.84. The molecule has 114 valence electrons. The number of carbonyl (C=O) groups is 2. The van der Waals surface area contributed by atoms with E-state index < -0.39 is 0 Å². The zero-order valence-corrected chi connectivity index (χ0v) is 13.4. The third-order valence-electron chi connectivity index (χ3n) is 4.52. The van der Waals surface area contributed by atoms with Gasteiger partial charge < -0.3 is 0 Å². The van der Waals surface area contributed by atoms with Crippen LogP contribution in [0, 0.1) is 5.92 Å². The second kappa shape index (κ2) is 7.01. The predicted octanol–water partition coefficient (Wildman–Crippen LogP) is 4.86. The van der Waals surface area contributed by atoms with E-state index in [0.717, 1.165) is 29.7 Å². The SMILES string of the molecule is O=C(CC(c1ccccc1)C1CCCCC1=O)c1cccs1. The molecule has 0 spiro atoms. The van der Waals surface area contributed by atoms with Crippen LogP contribution in [-0.4, -0.2) is 11.6 Å². The van der Waals surface area contributed by atoms with Crippen LogP contribution in [0.2, 0.25) is 0 Å². The van der Waals surface area contributed by atoms with Gasteiger partial charge >= 0.3 is 0 Å². The first-order valence-corrected chi connectivity index (χ1v) is 8.78. The molecule has 0 aliphatic heterocycles. The molecule has 1 saturated carbocycles. The van der Waals surface area contributed by atoms with Gasteiger partial charge in [0.1, 0.15) is 5.78 Å². The van der Waals surface area contributed by atoms with E-state index in [0.29, 0.717) is 18.6 Å². The fourth-order valence-electron chi connectivity index (χ4n) is 3.37. The maximum atomic E-state index is 12.5. The lowest BCUT2D eigenvalue weighted by Gasteiger charge is -2.29. The standard InChI is InChI=1S/C19H20O2S/c20-17-10-5-4-9-15(17)16(14-7-2-1-3-8-14)13-18(21)19-11-6-12-22-19/h1-3,6-8,11-12,15-16H,4-5,9-10,13H2. The van der Waals surface area contributed by atoms with Gasteiger partial charge in [-0.25, -0.2) is 0 Å². The molecule has 2 unspecified atom stereocenters. The highest BCUT2D eigenvalue weighted by Crippen LogP contribution is 2.37. The van der Waals surface area contributed by atoms with Gasteiger partial charge in [0.15, 0.2) is 5.78 Å². The van der Waals surface area contributed by atoms with Crippen molar-refractivity contribution in [2.45, 2.75) is 38.0 Å². The lowest BCUT2D eigenvalue weighted by molar-refractivity contribution is -0.125. The van der Waals surface area contributed by atoms with E-state index in [1.807, 2.05) is 47.8 Å². The Bertz CT molecular complexity index is 631. The number of Topliss-reactive ketones (excluding diaryl/α,β-unsaturated/α-hetero) is 2. The Morgan fingerprint density at radius 2 is 1.95 bits per heavy atom. The van der Waals surface area contributed by atoms with Gasteiger partial charge in [0.05, 0.1) is 4.88 Å². The minimum Gasteiger partial charge on any atom is -0.299 e. The lowest BCUT2D eigenvalue weighted by atomic mass is 9.74. The molecule has 1 aromatic carbocycles. The molecular weight excluding hydrogens is 292 g/mol. The summed E-state index contributed by atoms with van der Waals surface area (Å²) in [5.74, 6) is 0.505. The summed E-state index contributed by atoms with van der Waals surface area (Å²) in [6.07, 6.45) is 4.10. The van der Waals surface area contributed by atoms with Crippen LogP contribution in [0.5, 0.6) is 0 Å². The van der Waals surface area contributed by atoms with Crippen LogP contribution in [0.1, 0.15) is 53.3 Å². The number of benzene rings is 1. The zero-order chi connectivity index (χ0) is 15.4. The lowest BCUT2D eigenvalue weighted by Crippen LogP contribution is -2.27. The summed E-state index contributed by atoms with van der Waals surface area (Å²) in [6, 6.07) is 13.8. The summed E-state index contributed by atoms with van der Waals surface area (Å²) in [6.45, 7) is 0. The van der Waals surface area contributed by atoms with Crippen LogP contribution in [0.3, 0.4) is 0 Å². The van der Waals surface area contributed by atoms with Crippen LogP contribution in [0.4, 0.5) is 0 Å². The summed E-state index contributed by atoms with van der Waals surface area (Å²) >= 11 is 1.48. The van der Waals surface area contributed by atoms with Gasteiger partial charge in [0.25, 0.3) is 0 Å². The van der Waals surface area contributed by atoms with Crippen LogP contribution in [0.25, 0.3) is 0 Å². The molecule has 2 atom stereocenters. The van der Waals surface area contributed by atoms with Crippen LogP contribution < -0.4 is 0 Å². The van der Waals surface area contributed by atoms with Gasteiger partial charge in [0.2, 0.25) is 0 Å². The first-order valence-electron chi connectivity index (χ1n) is 7.90. The van der Waals surface area contributed by atoms with Gasteiger partial charge in [-0.2, -0.15) is 0 Å². The molecule has 0 N–H and O–H groups in total. The molecular formula is C19H20O2S. The topological polar surface area (TPSA) is 34.1 Å². The van der Waals surface area contributed by atoms with Crippen LogP contribution in [-0.2, 0) is 4.79 Å². The molecule has 3 rings (SSSR count). The summed E-state index contributed by atoms with van der Waals surface area (Å²) < 4.78 is 0. The highest BCUT2D eigenvalue weighted by molar-refractivity contribution is 7.12. The van der Waals surface area contributed by atoms with Crippen molar-refractivity contribution in [2.75, 3.05) is 0 Å². The average Bonchev–Trinajstić information content (AvgIpc) is 3.09. The normalized spacial score (nSPS) is 19.8. The first kappa shape index (κ1) is 15.2. The average molecular weight is 312 g/mol. The number of thiophene rings is 1. The van der Waals surface area contributed by atoms with Crippen molar-refractivity contribution in [1.82, 2.24) is 0 Å². The number of ketones is 2. The smallest absolute Gasteiger partial charge is 0.173 e. The minimum absolute atomic E-state index is 0.0000576. The van der Waals surface area contributed by atoms with E-state index in [2.05, 4.69) is 0 Å². The third kappa shape index (κ3) is 3.36. The van der Waals surface area contributed by atoms with Crippen molar-refractivity contribution >= 4 is 22.9 Å². The van der Waals surface area contributed by atoms with Crippen molar-refractivity contribution in [3.05, 3.63) is 58.3 Å².